The highest BCUT2D eigenvalue weighted by molar-refractivity contribution is 7.99. The average molecular weight is 474 g/mol. The molecule has 1 fully saturated rings. The number of para-hydroxylation sites is 1. The van der Waals surface area contributed by atoms with Crippen molar-refractivity contribution in [2.45, 2.75) is 31.8 Å². The van der Waals surface area contributed by atoms with Crippen molar-refractivity contribution in [3.05, 3.63) is 59.7 Å². The predicted molar refractivity (Wildman–Crippen MR) is 128 cm³/mol. The van der Waals surface area contributed by atoms with E-state index in [1.165, 1.54) is 5.56 Å². The summed E-state index contributed by atoms with van der Waals surface area (Å²) in [5.41, 5.74) is 2.26. The standard InChI is InChI=1S/C25H31NO6S/c1-30-21-7-4-5-19(15-21)9-10-20-6-2-3-8-23(20)31-17-22(16-26-13-14-33-18-26)32-25(29)12-11-24(27)28/h2-8,15,22H,9-14,16-18H2,1H3,(H,27,28). The Morgan fingerprint density at radius 2 is 1.97 bits per heavy atom. The van der Waals surface area contributed by atoms with Gasteiger partial charge in [0.25, 0.3) is 0 Å². The first-order valence-electron chi connectivity index (χ1n) is 11.1. The Bertz CT molecular complexity index is 915. The van der Waals surface area contributed by atoms with Gasteiger partial charge >= 0.3 is 11.9 Å². The number of esters is 1. The van der Waals surface area contributed by atoms with Crippen molar-refractivity contribution >= 4 is 23.7 Å². The van der Waals surface area contributed by atoms with E-state index in [9.17, 15) is 9.59 Å². The van der Waals surface area contributed by atoms with Crippen LogP contribution in [0.25, 0.3) is 0 Å². The van der Waals surface area contributed by atoms with Gasteiger partial charge in [-0.2, -0.15) is 0 Å². The maximum Gasteiger partial charge on any atom is 0.306 e. The number of hydrogen-bond donors (Lipinski definition) is 1. The molecule has 0 radical (unpaired) electrons. The summed E-state index contributed by atoms with van der Waals surface area (Å²) < 4.78 is 17.0. The third-order valence-electron chi connectivity index (χ3n) is 5.34. The van der Waals surface area contributed by atoms with Gasteiger partial charge in [-0.1, -0.05) is 30.3 Å². The summed E-state index contributed by atoms with van der Waals surface area (Å²) in [4.78, 5) is 25.1. The number of thioether (sulfide) groups is 1. The van der Waals surface area contributed by atoms with E-state index in [0.717, 1.165) is 48.1 Å². The van der Waals surface area contributed by atoms with Crippen LogP contribution in [0.15, 0.2) is 48.5 Å². The van der Waals surface area contributed by atoms with E-state index < -0.39 is 18.0 Å². The fraction of sp³-hybridized carbons (Fsp3) is 0.440. The molecule has 0 saturated carbocycles. The van der Waals surface area contributed by atoms with Crippen molar-refractivity contribution in [2.24, 2.45) is 0 Å². The van der Waals surface area contributed by atoms with E-state index in [1.54, 1.807) is 7.11 Å². The van der Waals surface area contributed by atoms with Gasteiger partial charge in [0, 0.05) is 24.7 Å². The van der Waals surface area contributed by atoms with Crippen LogP contribution in [0, 0.1) is 0 Å². The Hall–Kier alpha value is -2.71. The van der Waals surface area contributed by atoms with E-state index in [0.29, 0.717) is 6.54 Å². The molecule has 8 heteroatoms. The van der Waals surface area contributed by atoms with Crippen LogP contribution < -0.4 is 9.47 Å². The molecule has 178 valence electrons. The number of carboxylic acid groups (broad SMARTS) is 1. The molecule has 1 atom stereocenters. The number of carboxylic acids is 1. The number of rotatable bonds is 13. The summed E-state index contributed by atoms with van der Waals surface area (Å²) in [6.45, 7) is 1.72. The second kappa shape index (κ2) is 13.1. The lowest BCUT2D eigenvalue weighted by molar-refractivity contribution is -0.154. The smallest absolute Gasteiger partial charge is 0.306 e. The molecule has 0 bridgehead atoms. The first kappa shape index (κ1) is 24.9. The molecule has 3 rings (SSSR count). The van der Waals surface area contributed by atoms with Crippen LogP contribution in [0.4, 0.5) is 0 Å². The maximum atomic E-state index is 12.1. The Morgan fingerprint density at radius 1 is 1.12 bits per heavy atom. The molecular formula is C25H31NO6S. The van der Waals surface area contributed by atoms with Gasteiger partial charge in [0.05, 0.1) is 20.0 Å². The minimum atomic E-state index is -1.01. The molecule has 7 nitrogen and oxygen atoms in total. The highest BCUT2D eigenvalue weighted by Crippen LogP contribution is 2.22. The molecule has 0 spiro atoms. The molecule has 33 heavy (non-hydrogen) atoms. The topological polar surface area (TPSA) is 85.3 Å². The monoisotopic (exact) mass is 473 g/mol. The van der Waals surface area contributed by atoms with E-state index in [-0.39, 0.29) is 19.4 Å². The fourth-order valence-corrected chi connectivity index (χ4v) is 4.61. The second-order valence-electron chi connectivity index (χ2n) is 7.89. The number of methoxy groups -OCH3 is 1. The molecule has 1 unspecified atom stereocenters. The lowest BCUT2D eigenvalue weighted by Crippen LogP contribution is -2.37. The van der Waals surface area contributed by atoms with Gasteiger partial charge in [0.2, 0.25) is 0 Å². The molecule has 0 aromatic heterocycles. The van der Waals surface area contributed by atoms with Gasteiger partial charge in [-0.15, -0.1) is 11.8 Å². The number of carbonyl (C=O) groups excluding carboxylic acids is 1. The van der Waals surface area contributed by atoms with Crippen molar-refractivity contribution in [3.63, 3.8) is 0 Å². The quantitative estimate of drug-likeness (QED) is 0.442. The lowest BCUT2D eigenvalue weighted by Gasteiger charge is -2.24. The van der Waals surface area contributed by atoms with Crippen LogP contribution in [0.1, 0.15) is 24.0 Å². The van der Waals surface area contributed by atoms with Gasteiger partial charge in [0.15, 0.2) is 0 Å². The molecule has 2 aromatic carbocycles. The minimum absolute atomic E-state index is 0.141. The Morgan fingerprint density at radius 3 is 2.73 bits per heavy atom. The second-order valence-corrected chi connectivity index (χ2v) is 8.96. The largest absolute Gasteiger partial charge is 0.497 e. The zero-order valence-electron chi connectivity index (χ0n) is 18.9. The summed E-state index contributed by atoms with van der Waals surface area (Å²) in [7, 11) is 1.66. The molecule has 1 aliphatic heterocycles. The SMILES string of the molecule is COc1cccc(CCc2ccccc2OCC(CN2CCSC2)OC(=O)CCC(=O)O)c1. The molecule has 1 saturated heterocycles. The van der Waals surface area contributed by atoms with E-state index in [4.69, 9.17) is 19.3 Å². The number of ether oxygens (including phenoxy) is 3. The lowest BCUT2D eigenvalue weighted by atomic mass is 10.0. The summed E-state index contributed by atoms with van der Waals surface area (Å²) in [6, 6.07) is 15.9. The van der Waals surface area contributed by atoms with Gasteiger partial charge in [-0.3, -0.25) is 14.5 Å². The summed E-state index contributed by atoms with van der Waals surface area (Å²) in [5.74, 6) is 2.02. The third-order valence-corrected chi connectivity index (χ3v) is 6.36. The number of aryl methyl sites for hydroxylation is 2. The number of nitrogens with zero attached hydrogens (tertiary/aromatic N) is 1. The highest BCUT2D eigenvalue weighted by Gasteiger charge is 2.22. The van der Waals surface area contributed by atoms with Crippen molar-refractivity contribution in [2.75, 3.05) is 38.4 Å². The third kappa shape index (κ3) is 8.63. The van der Waals surface area contributed by atoms with Gasteiger partial charge in [-0.25, -0.2) is 0 Å². The van der Waals surface area contributed by atoms with Crippen LogP contribution in [0.2, 0.25) is 0 Å². The molecular weight excluding hydrogens is 442 g/mol. The van der Waals surface area contributed by atoms with E-state index in [2.05, 4.69) is 11.0 Å². The molecule has 0 aliphatic carbocycles. The Labute approximate surface area is 199 Å². The van der Waals surface area contributed by atoms with Gasteiger partial charge in [-0.05, 0) is 42.2 Å². The summed E-state index contributed by atoms with van der Waals surface area (Å²) in [5, 5.41) is 8.82. The maximum absolute atomic E-state index is 12.1. The van der Waals surface area contributed by atoms with Crippen molar-refractivity contribution in [1.82, 2.24) is 4.90 Å². The zero-order valence-corrected chi connectivity index (χ0v) is 19.7. The minimum Gasteiger partial charge on any atom is -0.497 e. The fourth-order valence-electron chi connectivity index (χ4n) is 3.60. The van der Waals surface area contributed by atoms with Crippen LogP contribution in [-0.4, -0.2) is 66.5 Å². The number of benzene rings is 2. The molecule has 0 amide bonds. The van der Waals surface area contributed by atoms with Crippen molar-refractivity contribution in [3.8, 4) is 11.5 Å². The van der Waals surface area contributed by atoms with Gasteiger partial charge < -0.3 is 19.3 Å². The Balaban J connectivity index is 1.60. The highest BCUT2D eigenvalue weighted by atomic mass is 32.2. The van der Waals surface area contributed by atoms with E-state index in [1.807, 2.05) is 54.2 Å². The van der Waals surface area contributed by atoms with E-state index >= 15 is 0 Å². The predicted octanol–water partition coefficient (Wildman–Crippen LogP) is 3.64. The molecule has 2 aromatic rings. The number of hydrogen-bond acceptors (Lipinski definition) is 7. The normalized spacial score (nSPS) is 14.6. The zero-order chi connectivity index (χ0) is 23.5. The van der Waals surface area contributed by atoms with Gasteiger partial charge in [0.1, 0.15) is 24.2 Å². The molecule has 1 heterocycles. The summed E-state index contributed by atoms with van der Waals surface area (Å²) in [6.07, 6.45) is 0.804. The van der Waals surface area contributed by atoms with Crippen LogP contribution >= 0.6 is 11.8 Å². The average Bonchev–Trinajstić information content (AvgIpc) is 3.33. The first-order valence-corrected chi connectivity index (χ1v) is 12.2. The van der Waals surface area contributed by atoms with Crippen LogP contribution in [0.3, 0.4) is 0 Å². The Kier molecular flexibility index (Phi) is 9.90. The van der Waals surface area contributed by atoms with Crippen LogP contribution in [-0.2, 0) is 27.2 Å². The number of carbonyl (C=O) groups is 2. The van der Waals surface area contributed by atoms with Crippen molar-refractivity contribution in [1.29, 1.82) is 0 Å². The first-order chi connectivity index (χ1) is 16.0. The van der Waals surface area contributed by atoms with Crippen molar-refractivity contribution < 1.29 is 28.9 Å². The molecule has 1 aliphatic rings. The number of aliphatic carboxylic acids is 1. The summed E-state index contributed by atoms with van der Waals surface area (Å²) >= 11 is 1.84. The molecule has 1 N–H and O–H groups in total. The van der Waals surface area contributed by atoms with Crippen LogP contribution in [0.5, 0.6) is 11.5 Å².